The van der Waals surface area contributed by atoms with Crippen molar-refractivity contribution in [3.05, 3.63) is 65.9 Å². The molecule has 0 amide bonds. The Morgan fingerprint density at radius 3 is 2.64 bits per heavy atom. The Morgan fingerprint density at radius 2 is 1.84 bits per heavy atom. The molecule has 1 aliphatic rings. The molecule has 126 valence electrons. The molecule has 0 aliphatic carbocycles. The standard InChI is InChI=1S/C20H21N5/c1-14(2)15-7-9-17(10-8-15)22-20-23-19(13-21-24-20)25-12-11-16-5-3-4-6-18(16)25/h3-10,13-14H,11-12H2,1-2H3,(H,22,23,24). The maximum Gasteiger partial charge on any atom is 0.249 e. The molecular formula is C20H21N5. The summed E-state index contributed by atoms with van der Waals surface area (Å²) in [5.74, 6) is 1.85. The van der Waals surface area contributed by atoms with Crippen molar-refractivity contribution >= 4 is 23.1 Å². The minimum absolute atomic E-state index is 0.513. The van der Waals surface area contributed by atoms with E-state index in [9.17, 15) is 0 Å². The molecule has 0 fully saturated rings. The van der Waals surface area contributed by atoms with Gasteiger partial charge in [0.05, 0.1) is 6.20 Å². The van der Waals surface area contributed by atoms with Crippen molar-refractivity contribution in [2.45, 2.75) is 26.2 Å². The lowest BCUT2D eigenvalue weighted by Gasteiger charge is -2.18. The number of anilines is 4. The van der Waals surface area contributed by atoms with Gasteiger partial charge in [0.15, 0.2) is 5.82 Å². The minimum atomic E-state index is 0.513. The Balaban J connectivity index is 1.56. The predicted molar refractivity (Wildman–Crippen MR) is 101 cm³/mol. The van der Waals surface area contributed by atoms with Crippen LogP contribution in [0.2, 0.25) is 0 Å². The number of fused-ring (bicyclic) bond motifs is 1. The molecule has 0 saturated carbocycles. The summed E-state index contributed by atoms with van der Waals surface area (Å²) in [6.45, 7) is 5.29. The zero-order chi connectivity index (χ0) is 17.2. The Morgan fingerprint density at radius 1 is 1.04 bits per heavy atom. The van der Waals surface area contributed by atoms with Gasteiger partial charge >= 0.3 is 0 Å². The molecule has 2 aromatic carbocycles. The maximum absolute atomic E-state index is 4.65. The molecule has 5 heteroatoms. The van der Waals surface area contributed by atoms with Gasteiger partial charge in [-0.2, -0.15) is 10.1 Å². The van der Waals surface area contributed by atoms with Crippen LogP contribution in [0.5, 0.6) is 0 Å². The summed E-state index contributed by atoms with van der Waals surface area (Å²) in [7, 11) is 0. The molecule has 4 rings (SSSR count). The van der Waals surface area contributed by atoms with E-state index in [2.05, 4.69) is 87.8 Å². The van der Waals surface area contributed by atoms with Crippen molar-refractivity contribution in [2.24, 2.45) is 0 Å². The highest BCUT2D eigenvalue weighted by atomic mass is 15.3. The third kappa shape index (κ3) is 3.18. The van der Waals surface area contributed by atoms with Crippen LogP contribution in [-0.2, 0) is 6.42 Å². The first-order valence-electron chi connectivity index (χ1n) is 8.63. The van der Waals surface area contributed by atoms with Gasteiger partial charge in [0, 0.05) is 17.9 Å². The predicted octanol–water partition coefficient (Wildman–Crippen LogP) is 4.43. The SMILES string of the molecule is CC(C)c1ccc(Nc2nncc(N3CCc4ccccc43)n2)cc1. The highest BCUT2D eigenvalue weighted by Crippen LogP contribution is 2.33. The zero-order valence-electron chi connectivity index (χ0n) is 14.5. The van der Waals surface area contributed by atoms with E-state index in [1.807, 2.05) is 0 Å². The van der Waals surface area contributed by atoms with Gasteiger partial charge in [0.25, 0.3) is 0 Å². The van der Waals surface area contributed by atoms with Crippen molar-refractivity contribution < 1.29 is 0 Å². The van der Waals surface area contributed by atoms with Gasteiger partial charge in [0.2, 0.25) is 5.95 Å². The third-order valence-electron chi connectivity index (χ3n) is 4.54. The lowest BCUT2D eigenvalue weighted by Crippen LogP contribution is -2.16. The van der Waals surface area contributed by atoms with Gasteiger partial charge in [-0.1, -0.05) is 44.2 Å². The molecule has 25 heavy (non-hydrogen) atoms. The highest BCUT2D eigenvalue weighted by molar-refractivity contribution is 5.67. The van der Waals surface area contributed by atoms with Crippen LogP contribution in [-0.4, -0.2) is 21.7 Å². The minimum Gasteiger partial charge on any atom is -0.324 e. The molecule has 5 nitrogen and oxygen atoms in total. The molecule has 0 radical (unpaired) electrons. The first kappa shape index (κ1) is 15.6. The fourth-order valence-electron chi connectivity index (χ4n) is 3.13. The second-order valence-electron chi connectivity index (χ2n) is 6.57. The number of benzene rings is 2. The summed E-state index contributed by atoms with van der Waals surface area (Å²) in [5.41, 5.74) is 4.83. The maximum atomic E-state index is 4.65. The van der Waals surface area contributed by atoms with Crippen molar-refractivity contribution in [3.8, 4) is 0 Å². The molecule has 1 aromatic heterocycles. The number of hydrogen-bond donors (Lipinski definition) is 1. The average Bonchev–Trinajstić information content (AvgIpc) is 3.06. The van der Waals surface area contributed by atoms with E-state index >= 15 is 0 Å². The monoisotopic (exact) mass is 331 g/mol. The van der Waals surface area contributed by atoms with Gasteiger partial charge in [-0.15, -0.1) is 5.10 Å². The lowest BCUT2D eigenvalue weighted by atomic mass is 10.0. The molecule has 2 heterocycles. The van der Waals surface area contributed by atoms with Gasteiger partial charge in [-0.25, -0.2) is 0 Å². The third-order valence-corrected chi connectivity index (χ3v) is 4.54. The summed E-state index contributed by atoms with van der Waals surface area (Å²) < 4.78 is 0. The second-order valence-corrected chi connectivity index (χ2v) is 6.57. The Kier molecular flexibility index (Phi) is 4.06. The number of nitrogens with zero attached hydrogens (tertiary/aromatic N) is 4. The molecule has 1 N–H and O–H groups in total. The normalized spacial score (nSPS) is 13.2. The van der Waals surface area contributed by atoms with E-state index in [4.69, 9.17) is 0 Å². The zero-order valence-corrected chi connectivity index (χ0v) is 14.5. The summed E-state index contributed by atoms with van der Waals surface area (Å²) in [6, 6.07) is 16.8. The van der Waals surface area contributed by atoms with E-state index in [0.717, 1.165) is 24.5 Å². The fourth-order valence-corrected chi connectivity index (χ4v) is 3.13. The van der Waals surface area contributed by atoms with Crippen LogP contribution in [0.25, 0.3) is 0 Å². The van der Waals surface area contributed by atoms with Crippen LogP contribution in [0.15, 0.2) is 54.7 Å². The number of nitrogens with one attached hydrogen (secondary N) is 1. The van der Waals surface area contributed by atoms with Crippen LogP contribution in [0.3, 0.4) is 0 Å². The number of para-hydroxylation sites is 1. The van der Waals surface area contributed by atoms with Crippen molar-refractivity contribution in [1.29, 1.82) is 0 Å². The van der Waals surface area contributed by atoms with Crippen LogP contribution in [0, 0.1) is 0 Å². The van der Waals surface area contributed by atoms with Crippen LogP contribution in [0.4, 0.5) is 23.1 Å². The number of hydrogen-bond acceptors (Lipinski definition) is 5. The molecule has 0 bridgehead atoms. The summed E-state index contributed by atoms with van der Waals surface area (Å²) in [4.78, 5) is 6.84. The Labute approximate surface area is 147 Å². The van der Waals surface area contributed by atoms with Gasteiger partial charge in [0.1, 0.15) is 0 Å². The second kappa shape index (κ2) is 6.51. The van der Waals surface area contributed by atoms with Crippen LogP contribution >= 0.6 is 0 Å². The molecule has 0 atom stereocenters. The summed E-state index contributed by atoms with van der Waals surface area (Å²) in [5, 5.41) is 11.5. The first-order chi connectivity index (χ1) is 12.2. The van der Waals surface area contributed by atoms with Gasteiger partial charge in [-0.05, 0) is 41.7 Å². The first-order valence-corrected chi connectivity index (χ1v) is 8.63. The largest absolute Gasteiger partial charge is 0.324 e. The van der Waals surface area contributed by atoms with Crippen LogP contribution in [0.1, 0.15) is 30.9 Å². The van der Waals surface area contributed by atoms with E-state index < -0.39 is 0 Å². The smallest absolute Gasteiger partial charge is 0.249 e. The highest BCUT2D eigenvalue weighted by Gasteiger charge is 2.21. The fraction of sp³-hybridized carbons (Fsp3) is 0.250. The van der Waals surface area contributed by atoms with Crippen molar-refractivity contribution in [2.75, 3.05) is 16.8 Å². The molecule has 0 unspecified atom stereocenters. The number of aromatic nitrogens is 3. The molecule has 0 saturated heterocycles. The van der Waals surface area contributed by atoms with Gasteiger partial charge < -0.3 is 10.2 Å². The molecular weight excluding hydrogens is 310 g/mol. The average molecular weight is 331 g/mol. The Bertz CT molecular complexity index is 873. The van der Waals surface area contributed by atoms with Crippen molar-refractivity contribution in [1.82, 2.24) is 15.2 Å². The number of rotatable bonds is 4. The van der Waals surface area contributed by atoms with Gasteiger partial charge in [-0.3, -0.25) is 0 Å². The van der Waals surface area contributed by atoms with E-state index in [0.29, 0.717) is 11.9 Å². The molecule has 1 aliphatic heterocycles. The Hall–Kier alpha value is -2.95. The van der Waals surface area contributed by atoms with E-state index in [1.165, 1.54) is 16.8 Å². The van der Waals surface area contributed by atoms with Crippen LogP contribution < -0.4 is 10.2 Å². The topological polar surface area (TPSA) is 53.9 Å². The lowest BCUT2D eigenvalue weighted by molar-refractivity contribution is 0.867. The summed E-state index contributed by atoms with van der Waals surface area (Å²) >= 11 is 0. The van der Waals surface area contributed by atoms with E-state index in [-0.39, 0.29) is 0 Å². The van der Waals surface area contributed by atoms with E-state index in [1.54, 1.807) is 6.20 Å². The molecule has 3 aromatic rings. The summed E-state index contributed by atoms with van der Waals surface area (Å²) in [6.07, 6.45) is 2.74. The molecule has 0 spiro atoms. The quantitative estimate of drug-likeness (QED) is 0.766. The van der Waals surface area contributed by atoms with Crippen molar-refractivity contribution in [3.63, 3.8) is 0 Å².